The molecule has 5 rings (SSSR count). The molecule has 0 spiro atoms. The molecule has 0 atom stereocenters. The van der Waals surface area contributed by atoms with Crippen molar-refractivity contribution < 1.29 is 0 Å². The lowest BCUT2D eigenvalue weighted by atomic mass is 10.1. The molecule has 2 aromatic heterocycles. The summed E-state index contributed by atoms with van der Waals surface area (Å²) < 4.78 is 0. The molecule has 5 aromatic rings. The second-order valence-electron chi connectivity index (χ2n) is 5.99. The molecule has 5 nitrogen and oxygen atoms in total. The minimum absolute atomic E-state index is 0.715. The number of nitrogens with zero attached hydrogens (tertiary/aromatic N) is 4. The Morgan fingerprint density at radius 3 is 2.08 bits per heavy atom. The standard InChI is InChI=1S/C21H15N5/c1-3-9-15(10-4-1)19-20(21-22-17-13-7-8-14-18(17)23-21)25-26(24-19)16-11-5-2-6-12-16/h1-14H,(H,22,23). The van der Waals surface area contributed by atoms with Crippen molar-refractivity contribution in [3.8, 4) is 28.5 Å². The zero-order valence-electron chi connectivity index (χ0n) is 13.9. The third-order valence-electron chi connectivity index (χ3n) is 4.26. The molecule has 3 aromatic carbocycles. The molecule has 0 aliphatic carbocycles. The van der Waals surface area contributed by atoms with Crippen LogP contribution in [0.3, 0.4) is 0 Å². The summed E-state index contributed by atoms with van der Waals surface area (Å²) >= 11 is 0. The molecule has 124 valence electrons. The molecule has 0 amide bonds. The van der Waals surface area contributed by atoms with Gasteiger partial charge in [0.25, 0.3) is 0 Å². The number of imidazole rings is 1. The highest BCUT2D eigenvalue weighted by molar-refractivity contribution is 5.82. The van der Waals surface area contributed by atoms with Gasteiger partial charge in [0, 0.05) is 5.56 Å². The molecule has 5 heteroatoms. The van der Waals surface area contributed by atoms with Gasteiger partial charge in [-0.2, -0.15) is 4.80 Å². The Hall–Kier alpha value is -3.73. The van der Waals surface area contributed by atoms with Gasteiger partial charge in [-0.05, 0) is 24.3 Å². The van der Waals surface area contributed by atoms with Crippen LogP contribution in [-0.2, 0) is 0 Å². The van der Waals surface area contributed by atoms with E-state index in [9.17, 15) is 0 Å². The molecule has 2 heterocycles. The fourth-order valence-electron chi connectivity index (χ4n) is 3.00. The molecule has 0 bridgehead atoms. The van der Waals surface area contributed by atoms with Gasteiger partial charge in [0.15, 0.2) is 11.5 Å². The van der Waals surface area contributed by atoms with Crippen LogP contribution in [0.1, 0.15) is 0 Å². The van der Waals surface area contributed by atoms with E-state index in [0.29, 0.717) is 5.82 Å². The predicted molar refractivity (Wildman–Crippen MR) is 102 cm³/mol. The van der Waals surface area contributed by atoms with Crippen molar-refractivity contribution in [2.24, 2.45) is 0 Å². The summed E-state index contributed by atoms with van der Waals surface area (Å²) in [5.74, 6) is 0.715. The number of hydrogen-bond acceptors (Lipinski definition) is 3. The lowest BCUT2D eigenvalue weighted by Crippen LogP contribution is -1.98. The largest absolute Gasteiger partial charge is 0.337 e. The smallest absolute Gasteiger partial charge is 0.161 e. The summed E-state index contributed by atoms with van der Waals surface area (Å²) in [6.07, 6.45) is 0. The minimum atomic E-state index is 0.715. The fraction of sp³-hybridized carbons (Fsp3) is 0. The number of H-pyrrole nitrogens is 1. The molecule has 0 saturated carbocycles. The van der Waals surface area contributed by atoms with E-state index in [4.69, 9.17) is 15.2 Å². The van der Waals surface area contributed by atoms with Gasteiger partial charge in [-0.3, -0.25) is 0 Å². The first-order valence-electron chi connectivity index (χ1n) is 8.42. The maximum Gasteiger partial charge on any atom is 0.161 e. The average molecular weight is 337 g/mol. The van der Waals surface area contributed by atoms with E-state index >= 15 is 0 Å². The summed E-state index contributed by atoms with van der Waals surface area (Å²) in [6.45, 7) is 0. The molecule has 0 aliphatic heterocycles. The van der Waals surface area contributed by atoms with Crippen molar-refractivity contribution in [2.75, 3.05) is 0 Å². The van der Waals surface area contributed by atoms with Gasteiger partial charge in [0.05, 0.1) is 16.7 Å². The number of aromatic nitrogens is 5. The van der Waals surface area contributed by atoms with Gasteiger partial charge in [-0.25, -0.2) is 4.98 Å². The maximum absolute atomic E-state index is 4.74. The summed E-state index contributed by atoms with van der Waals surface area (Å²) in [7, 11) is 0. The van der Waals surface area contributed by atoms with Gasteiger partial charge in [0.1, 0.15) is 5.69 Å². The van der Waals surface area contributed by atoms with Crippen molar-refractivity contribution >= 4 is 11.0 Å². The Morgan fingerprint density at radius 2 is 1.31 bits per heavy atom. The van der Waals surface area contributed by atoms with E-state index in [1.165, 1.54) is 0 Å². The van der Waals surface area contributed by atoms with E-state index in [1.54, 1.807) is 4.80 Å². The Labute approximate surface area is 150 Å². The monoisotopic (exact) mass is 337 g/mol. The average Bonchev–Trinajstić information content (AvgIpc) is 3.33. The fourth-order valence-corrected chi connectivity index (χ4v) is 3.00. The highest BCUT2D eigenvalue weighted by Crippen LogP contribution is 2.29. The quantitative estimate of drug-likeness (QED) is 0.528. The van der Waals surface area contributed by atoms with Crippen molar-refractivity contribution in [1.82, 2.24) is 25.0 Å². The van der Waals surface area contributed by atoms with Crippen molar-refractivity contribution in [1.29, 1.82) is 0 Å². The molecule has 0 radical (unpaired) electrons. The van der Waals surface area contributed by atoms with E-state index in [1.807, 2.05) is 84.9 Å². The zero-order valence-corrected chi connectivity index (χ0v) is 13.9. The first kappa shape index (κ1) is 14.6. The van der Waals surface area contributed by atoms with E-state index in [-0.39, 0.29) is 0 Å². The molecule has 0 unspecified atom stereocenters. The van der Waals surface area contributed by atoms with Crippen LogP contribution in [0.5, 0.6) is 0 Å². The molecule has 1 N–H and O–H groups in total. The lowest BCUT2D eigenvalue weighted by Gasteiger charge is -1.98. The number of aromatic amines is 1. The van der Waals surface area contributed by atoms with Crippen LogP contribution in [0.15, 0.2) is 84.9 Å². The summed E-state index contributed by atoms with van der Waals surface area (Å²) in [5.41, 5.74) is 5.34. The maximum atomic E-state index is 4.74. The number of hydrogen-bond donors (Lipinski definition) is 1. The molecule has 0 aliphatic rings. The normalized spacial score (nSPS) is 11.1. The van der Waals surface area contributed by atoms with Crippen LogP contribution in [0, 0.1) is 0 Å². The first-order chi connectivity index (χ1) is 12.9. The molecule has 0 saturated heterocycles. The molecule has 26 heavy (non-hydrogen) atoms. The minimum Gasteiger partial charge on any atom is -0.337 e. The second kappa shape index (κ2) is 5.97. The van der Waals surface area contributed by atoms with E-state index in [2.05, 4.69) is 4.98 Å². The number of fused-ring (bicyclic) bond motifs is 1. The third kappa shape index (κ3) is 2.46. The Bertz CT molecular complexity index is 1140. The molecular weight excluding hydrogens is 322 g/mol. The zero-order chi connectivity index (χ0) is 17.3. The van der Waals surface area contributed by atoms with Gasteiger partial charge in [-0.15, -0.1) is 10.2 Å². The Balaban J connectivity index is 1.73. The second-order valence-corrected chi connectivity index (χ2v) is 5.99. The van der Waals surface area contributed by atoms with Gasteiger partial charge in [-0.1, -0.05) is 60.7 Å². The summed E-state index contributed by atoms with van der Waals surface area (Å²) in [6, 6.07) is 27.9. The van der Waals surface area contributed by atoms with E-state index in [0.717, 1.165) is 33.7 Å². The Kier molecular flexibility index (Phi) is 3.35. The SMILES string of the molecule is c1ccc(-c2nn(-c3ccccc3)nc2-c2nc3ccccc3[nH]2)cc1. The van der Waals surface area contributed by atoms with Crippen molar-refractivity contribution in [3.05, 3.63) is 84.9 Å². The van der Waals surface area contributed by atoms with Gasteiger partial charge < -0.3 is 4.98 Å². The van der Waals surface area contributed by atoms with Crippen LogP contribution >= 0.6 is 0 Å². The van der Waals surface area contributed by atoms with E-state index < -0.39 is 0 Å². The van der Waals surface area contributed by atoms with Crippen LogP contribution in [-0.4, -0.2) is 25.0 Å². The van der Waals surface area contributed by atoms with Crippen LogP contribution in [0.4, 0.5) is 0 Å². The highest BCUT2D eigenvalue weighted by atomic mass is 15.5. The van der Waals surface area contributed by atoms with Gasteiger partial charge >= 0.3 is 0 Å². The van der Waals surface area contributed by atoms with Crippen LogP contribution in [0.25, 0.3) is 39.5 Å². The lowest BCUT2D eigenvalue weighted by molar-refractivity contribution is 0.755. The van der Waals surface area contributed by atoms with Crippen molar-refractivity contribution in [2.45, 2.75) is 0 Å². The number of benzene rings is 3. The Morgan fingerprint density at radius 1 is 0.654 bits per heavy atom. The van der Waals surface area contributed by atoms with Crippen molar-refractivity contribution in [3.63, 3.8) is 0 Å². The topological polar surface area (TPSA) is 59.4 Å². The first-order valence-corrected chi connectivity index (χ1v) is 8.42. The number of nitrogens with one attached hydrogen (secondary N) is 1. The van der Waals surface area contributed by atoms with Gasteiger partial charge in [0.2, 0.25) is 0 Å². The highest BCUT2D eigenvalue weighted by Gasteiger charge is 2.18. The number of para-hydroxylation sites is 3. The third-order valence-corrected chi connectivity index (χ3v) is 4.26. The summed E-state index contributed by atoms with van der Waals surface area (Å²) in [5, 5.41) is 9.48. The molecular formula is C21H15N5. The van der Waals surface area contributed by atoms with Crippen LogP contribution < -0.4 is 0 Å². The van der Waals surface area contributed by atoms with Crippen LogP contribution in [0.2, 0.25) is 0 Å². The summed E-state index contributed by atoms with van der Waals surface area (Å²) in [4.78, 5) is 9.72. The molecule has 0 fully saturated rings. The predicted octanol–water partition coefficient (Wildman–Crippen LogP) is 4.48. The number of rotatable bonds is 3.